The zero-order valence-corrected chi connectivity index (χ0v) is 9.61. The fourth-order valence-corrected chi connectivity index (χ4v) is 2.26. The molecule has 0 aliphatic heterocycles. The Balaban J connectivity index is 2.20. The van der Waals surface area contributed by atoms with E-state index in [0.717, 1.165) is 10.9 Å². The van der Waals surface area contributed by atoms with Gasteiger partial charge in [0.15, 0.2) is 0 Å². The molecule has 1 saturated carbocycles. The largest absolute Gasteiger partial charge is 0.478 e. The Labute approximate surface area is 105 Å². The summed E-state index contributed by atoms with van der Waals surface area (Å²) in [7, 11) is 0. The molecule has 2 aromatic rings. The van der Waals surface area contributed by atoms with E-state index in [9.17, 15) is 18.0 Å². The molecular weight excluding hydrogens is 261 g/mol. The number of carboxylic acids is 1. The average molecular weight is 270 g/mol. The van der Waals surface area contributed by atoms with Gasteiger partial charge in [-0.15, -0.1) is 0 Å². The Hall–Kier alpha value is -2.05. The third-order valence-electron chi connectivity index (χ3n) is 3.51. The first-order chi connectivity index (χ1) is 8.85. The number of carboxylic acid groups (broad SMARTS) is 1. The quantitative estimate of drug-likeness (QED) is 0.912. The first-order valence-electron chi connectivity index (χ1n) is 5.63. The molecule has 1 aromatic carbocycles. The minimum absolute atomic E-state index is 0.000735. The number of hydrogen-bond donors (Lipinski definition) is 1. The molecule has 0 atom stereocenters. The maximum atomic E-state index is 13.1. The second-order valence-corrected chi connectivity index (χ2v) is 4.65. The number of aromatic carboxylic acids is 1. The maximum absolute atomic E-state index is 13.1. The predicted molar refractivity (Wildman–Crippen MR) is 60.0 cm³/mol. The number of carbonyl (C=O) groups is 1. The zero-order valence-electron chi connectivity index (χ0n) is 9.61. The number of rotatable bonds is 2. The van der Waals surface area contributed by atoms with Crippen molar-refractivity contribution in [2.45, 2.75) is 24.6 Å². The van der Waals surface area contributed by atoms with Gasteiger partial charge in [0.25, 0.3) is 0 Å². The molecular formula is C12H9F3N2O2. The third-order valence-corrected chi connectivity index (χ3v) is 3.51. The number of fused-ring (bicyclic) bond motifs is 1. The van der Waals surface area contributed by atoms with Crippen LogP contribution in [0.15, 0.2) is 24.5 Å². The molecule has 4 nitrogen and oxygen atoms in total. The topological polar surface area (TPSA) is 55.1 Å². The van der Waals surface area contributed by atoms with Crippen LogP contribution in [0.2, 0.25) is 0 Å². The molecule has 1 aliphatic carbocycles. The molecule has 0 amide bonds. The second-order valence-electron chi connectivity index (χ2n) is 4.65. The van der Waals surface area contributed by atoms with Gasteiger partial charge in [-0.3, -0.25) is 0 Å². The Bertz CT molecular complexity index is 671. The summed E-state index contributed by atoms with van der Waals surface area (Å²) in [6.07, 6.45) is -3.23. The highest BCUT2D eigenvalue weighted by Gasteiger charge is 2.65. The van der Waals surface area contributed by atoms with E-state index in [1.807, 2.05) is 0 Å². The van der Waals surface area contributed by atoms with Crippen LogP contribution in [-0.2, 0) is 5.54 Å². The molecule has 0 unspecified atom stereocenters. The normalized spacial score (nSPS) is 17.6. The fraction of sp³-hybridized carbons (Fsp3) is 0.333. The number of imidazole rings is 1. The molecule has 0 saturated heterocycles. The molecule has 0 bridgehead atoms. The number of benzene rings is 1. The van der Waals surface area contributed by atoms with Crippen molar-refractivity contribution in [3.63, 3.8) is 0 Å². The molecule has 1 heterocycles. The summed E-state index contributed by atoms with van der Waals surface area (Å²) in [5, 5.41) is 8.90. The van der Waals surface area contributed by atoms with Crippen LogP contribution in [0.4, 0.5) is 13.2 Å². The van der Waals surface area contributed by atoms with Gasteiger partial charge in [-0.2, -0.15) is 13.2 Å². The maximum Gasteiger partial charge on any atom is 0.411 e. The summed E-state index contributed by atoms with van der Waals surface area (Å²) in [5.74, 6) is -1.17. The molecule has 3 rings (SSSR count). The van der Waals surface area contributed by atoms with E-state index in [2.05, 4.69) is 4.98 Å². The molecule has 0 radical (unpaired) electrons. The van der Waals surface area contributed by atoms with E-state index < -0.39 is 17.7 Å². The van der Waals surface area contributed by atoms with Crippen LogP contribution >= 0.6 is 0 Å². The van der Waals surface area contributed by atoms with Gasteiger partial charge in [-0.25, -0.2) is 9.78 Å². The monoisotopic (exact) mass is 270 g/mol. The second kappa shape index (κ2) is 3.49. The van der Waals surface area contributed by atoms with Crippen molar-refractivity contribution < 1.29 is 23.1 Å². The lowest BCUT2D eigenvalue weighted by Gasteiger charge is -2.21. The van der Waals surface area contributed by atoms with Gasteiger partial charge in [-0.05, 0) is 31.0 Å². The lowest BCUT2D eigenvalue weighted by Crippen LogP contribution is -2.34. The highest BCUT2D eigenvalue weighted by molar-refractivity contribution is 5.92. The first-order valence-corrected chi connectivity index (χ1v) is 5.63. The highest BCUT2D eigenvalue weighted by Crippen LogP contribution is 2.56. The summed E-state index contributed by atoms with van der Waals surface area (Å²) >= 11 is 0. The Kier molecular flexibility index (Phi) is 2.21. The van der Waals surface area contributed by atoms with E-state index in [0.29, 0.717) is 5.52 Å². The minimum atomic E-state index is -4.36. The van der Waals surface area contributed by atoms with Gasteiger partial charge < -0.3 is 9.67 Å². The molecule has 100 valence electrons. The van der Waals surface area contributed by atoms with Crippen molar-refractivity contribution in [2.24, 2.45) is 0 Å². The van der Waals surface area contributed by atoms with Crippen LogP contribution < -0.4 is 0 Å². The third kappa shape index (κ3) is 1.61. The van der Waals surface area contributed by atoms with Gasteiger partial charge in [0, 0.05) is 0 Å². The van der Waals surface area contributed by atoms with Gasteiger partial charge >= 0.3 is 12.1 Å². The summed E-state index contributed by atoms with van der Waals surface area (Å²) < 4.78 is 40.3. The Morgan fingerprint density at radius 1 is 1.37 bits per heavy atom. The molecule has 1 N–H and O–H groups in total. The summed E-state index contributed by atoms with van der Waals surface area (Å²) in [4.78, 5) is 14.8. The predicted octanol–water partition coefficient (Wildman–Crippen LogP) is 2.79. The van der Waals surface area contributed by atoms with Crippen LogP contribution in [-0.4, -0.2) is 26.8 Å². The van der Waals surface area contributed by atoms with Crippen molar-refractivity contribution in [1.82, 2.24) is 9.55 Å². The molecule has 7 heteroatoms. The SMILES string of the molecule is O=C(O)c1ccc2ncn(C3(C(F)(F)F)CC3)c2c1. The zero-order chi connectivity index (χ0) is 13.8. The van der Waals surface area contributed by atoms with Gasteiger partial charge in [0.2, 0.25) is 0 Å². The van der Waals surface area contributed by atoms with Gasteiger partial charge in [-0.1, -0.05) is 0 Å². The summed E-state index contributed by atoms with van der Waals surface area (Å²) in [6.45, 7) is 0. The fourth-order valence-electron chi connectivity index (χ4n) is 2.26. The Morgan fingerprint density at radius 2 is 2.05 bits per heavy atom. The van der Waals surface area contributed by atoms with Crippen LogP contribution in [0.25, 0.3) is 11.0 Å². The van der Waals surface area contributed by atoms with Crippen LogP contribution in [0.5, 0.6) is 0 Å². The minimum Gasteiger partial charge on any atom is -0.478 e. The van der Waals surface area contributed by atoms with Crippen molar-refractivity contribution in [1.29, 1.82) is 0 Å². The van der Waals surface area contributed by atoms with Gasteiger partial charge in [0.05, 0.1) is 22.9 Å². The summed E-state index contributed by atoms with van der Waals surface area (Å²) in [5.41, 5.74) is -1.40. The van der Waals surface area contributed by atoms with E-state index in [1.54, 1.807) is 0 Å². The van der Waals surface area contributed by atoms with Gasteiger partial charge in [0.1, 0.15) is 5.54 Å². The van der Waals surface area contributed by atoms with Crippen molar-refractivity contribution in [3.05, 3.63) is 30.1 Å². The lowest BCUT2D eigenvalue weighted by molar-refractivity contribution is -0.178. The number of alkyl halides is 3. The Morgan fingerprint density at radius 3 is 2.58 bits per heavy atom. The highest BCUT2D eigenvalue weighted by atomic mass is 19.4. The van der Waals surface area contributed by atoms with E-state index in [-0.39, 0.29) is 23.9 Å². The summed E-state index contributed by atoms with van der Waals surface area (Å²) in [6, 6.07) is 3.98. The molecule has 1 fully saturated rings. The van der Waals surface area contributed by atoms with E-state index in [1.165, 1.54) is 18.2 Å². The molecule has 19 heavy (non-hydrogen) atoms. The van der Waals surface area contributed by atoms with E-state index >= 15 is 0 Å². The average Bonchev–Trinajstić information content (AvgIpc) is 3.03. The lowest BCUT2D eigenvalue weighted by atomic mass is 10.2. The number of hydrogen-bond acceptors (Lipinski definition) is 2. The molecule has 0 spiro atoms. The standard InChI is InChI=1S/C12H9F3N2O2/c13-12(14,15)11(3-4-11)17-6-16-8-2-1-7(10(18)19)5-9(8)17/h1-2,5-6H,3-4H2,(H,18,19). The van der Waals surface area contributed by atoms with E-state index in [4.69, 9.17) is 5.11 Å². The number of halogens is 3. The van der Waals surface area contributed by atoms with Crippen molar-refractivity contribution in [3.8, 4) is 0 Å². The number of aromatic nitrogens is 2. The van der Waals surface area contributed by atoms with Crippen molar-refractivity contribution >= 4 is 17.0 Å². The smallest absolute Gasteiger partial charge is 0.411 e. The van der Waals surface area contributed by atoms with Crippen molar-refractivity contribution in [2.75, 3.05) is 0 Å². The number of nitrogens with zero attached hydrogens (tertiary/aromatic N) is 2. The molecule has 1 aliphatic rings. The van der Waals surface area contributed by atoms with Crippen LogP contribution in [0, 0.1) is 0 Å². The van der Waals surface area contributed by atoms with Crippen LogP contribution in [0.1, 0.15) is 23.2 Å². The first kappa shape index (κ1) is 12.0. The van der Waals surface area contributed by atoms with Crippen LogP contribution in [0.3, 0.4) is 0 Å². The molecule has 1 aromatic heterocycles.